The smallest absolute Gasteiger partial charge is 0.407 e. The van der Waals surface area contributed by atoms with Crippen LogP contribution in [0.3, 0.4) is 0 Å². The highest BCUT2D eigenvalue weighted by Gasteiger charge is 2.37. The molecule has 1 N–H and O–H groups in total. The summed E-state index contributed by atoms with van der Waals surface area (Å²) in [6.07, 6.45) is 4.97. The first-order valence-corrected chi connectivity index (χ1v) is 11.6. The quantitative estimate of drug-likeness (QED) is 0.644. The molecule has 1 aliphatic carbocycles. The summed E-state index contributed by atoms with van der Waals surface area (Å²) >= 11 is 12.6. The predicted molar refractivity (Wildman–Crippen MR) is 120 cm³/mol. The molecule has 6 heteroatoms. The van der Waals surface area contributed by atoms with Crippen LogP contribution in [0.2, 0.25) is 10.0 Å². The lowest BCUT2D eigenvalue weighted by molar-refractivity contribution is -0.0340. The van der Waals surface area contributed by atoms with Crippen molar-refractivity contribution in [1.29, 1.82) is 0 Å². The number of hydrogen-bond donors (Lipinski definition) is 1. The molecule has 6 rings (SSSR count). The van der Waals surface area contributed by atoms with Gasteiger partial charge in [0, 0.05) is 22.2 Å². The number of carbonyl (C=O) groups is 1. The average Bonchev–Trinajstić information content (AvgIpc) is 2.76. The van der Waals surface area contributed by atoms with Crippen LogP contribution in [0.1, 0.15) is 42.9 Å². The normalized spacial score (nSPS) is 27.4. The number of aryl methyl sites for hydroxylation is 1. The van der Waals surface area contributed by atoms with Gasteiger partial charge < -0.3 is 10.1 Å². The third-order valence-electron chi connectivity index (χ3n) is 6.85. The Hall–Kier alpha value is -1.75. The molecule has 1 amide bonds. The third kappa shape index (κ3) is 4.05. The van der Waals surface area contributed by atoms with Crippen molar-refractivity contribution < 1.29 is 9.53 Å². The van der Waals surface area contributed by atoms with Gasteiger partial charge in [-0.05, 0) is 92.1 Å². The van der Waals surface area contributed by atoms with Crippen molar-refractivity contribution >= 4 is 29.3 Å². The van der Waals surface area contributed by atoms with Crippen molar-refractivity contribution in [2.45, 2.75) is 44.2 Å². The van der Waals surface area contributed by atoms with Crippen molar-refractivity contribution in [2.75, 3.05) is 19.6 Å². The summed E-state index contributed by atoms with van der Waals surface area (Å²) < 4.78 is 5.86. The van der Waals surface area contributed by atoms with E-state index in [-0.39, 0.29) is 18.2 Å². The molecule has 2 atom stereocenters. The van der Waals surface area contributed by atoms with Gasteiger partial charge in [-0.15, -0.1) is 0 Å². The Bertz CT molecular complexity index is 956. The lowest BCUT2D eigenvalue weighted by Crippen LogP contribution is -2.52. The minimum absolute atomic E-state index is 0.0205. The second-order valence-electron chi connectivity index (χ2n) is 8.71. The van der Waals surface area contributed by atoms with Crippen LogP contribution in [0.25, 0.3) is 11.1 Å². The van der Waals surface area contributed by atoms with Gasteiger partial charge in [-0.1, -0.05) is 35.3 Å². The minimum atomic E-state index is -0.294. The number of hydrogen-bond acceptors (Lipinski definition) is 3. The van der Waals surface area contributed by atoms with Crippen LogP contribution < -0.4 is 5.32 Å². The first kappa shape index (κ1) is 20.2. The number of amides is 1. The van der Waals surface area contributed by atoms with E-state index in [2.05, 4.69) is 28.4 Å². The van der Waals surface area contributed by atoms with E-state index in [0.717, 1.165) is 68.4 Å². The van der Waals surface area contributed by atoms with Crippen molar-refractivity contribution in [3.05, 3.63) is 57.6 Å². The minimum Gasteiger partial charge on any atom is -0.445 e. The van der Waals surface area contributed by atoms with E-state index in [1.54, 1.807) is 6.07 Å². The van der Waals surface area contributed by atoms with Crippen LogP contribution in [0.15, 0.2) is 36.4 Å². The van der Waals surface area contributed by atoms with Crippen molar-refractivity contribution in [2.24, 2.45) is 5.92 Å². The molecule has 0 spiro atoms. The zero-order chi connectivity index (χ0) is 20.7. The summed E-state index contributed by atoms with van der Waals surface area (Å²) in [7, 11) is 0. The van der Waals surface area contributed by atoms with Crippen LogP contribution in [0, 0.1) is 5.92 Å². The van der Waals surface area contributed by atoms with E-state index in [1.165, 1.54) is 5.56 Å². The third-order valence-corrected chi connectivity index (χ3v) is 7.41. The largest absolute Gasteiger partial charge is 0.445 e. The number of nitrogens with zero attached hydrogens (tertiary/aromatic N) is 1. The second-order valence-corrected chi connectivity index (χ2v) is 9.55. The fraction of sp³-hybridized carbons (Fsp3) is 0.458. The monoisotopic (exact) mass is 444 g/mol. The van der Waals surface area contributed by atoms with Gasteiger partial charge in [-0.3, -0.25) is 4.90 Å². The van der Waals surface area contributed by atoms with E-state index < -0.39 is 0 Å². The Morgan fingerprint density at radius 1 is 1.07 bits per heavy atom. The van der Waals surface area contributed by atoms with Gasteiger partial charge in [0.15, 0.2) is 0 Å². The first-order valence-electron chi connectivity index (χ1n) is 10.8. The number of benzene rings is 2. The zero-order valence-corrected chi connectivity index (χ0v) is 18.4. The Morgan fingerprint density at radius 2 is 1.90 bits per heavy atom. The number of halogens is 2. The molecule has 3 fully saturated rings. The fourth-order valence-electron chi connectivity index (χ4n) is 5.19. The summed E-state index contributed by atoms with van der Waals surface area (Å²) in [6, 6.07) is 11.8. The molecule has 4 aliphatic rings. The van der Waals surface area contributed by atoms with Gasteiger partial charge in [-0.25, -0.2) is 4.79 Å². The number of rotatable bonds is 3. The highest BCUT2D eigenvalue weighted by Crippen LogP contribution is 2.37. The molecule has 0 aromatic heterocycles. The maximum absolute atomic E-state index is 12.7. The molecular formula is C24H26Cl2N2O2. The van der Waals surface area contributed by atoms with Gasteiger partial charge in [0.1, 0.15) is 6.10 Å². The van der Waals surface area contributed by atoms with E-state index in [0.29, 0.717) is 16.0 Å². The second kappa shape index (κ2) is 8.41. The molecule has 1 unspecified atom stereocenters. The summed E-state index contributed by atoms with van der Waals surface area (Å²) in [5.41, 5.74) is 4.35. The molecule has 3 aliphatic heterocycles. The Kier molecular flexibility index (Phi) is 5.65. The van der Waals surface area contributed by atoms with Gasteiger partial charge >= 0.3 is 6.09 Å². The number of ether oxygens (including phenoxy) is 1. The fourth-order valence-corrected chi connectivity index (χ4v) is 5.59. The SMILES string of the molecule is O=C(NC1CCCc2ccc(-c3cc(Cl)ccc3Cl)cc21)O[C@H]1CN2CCC1CC2. The maximum Gasteiger partial charge on any atom is 0.407 e. The van der Waals surface area contributed by atoms with Crippen molar-refractivity contribution in [1.82, 2.24) is 10.2 Å². The van der Waals surface area contributed by atoms with Crippen LogP contribution in [-0.4, -0.2) is 36.7 Å². The van der Waals surface area contributed by atoms with E-state index in [4.69, 9.17) is 27.9 Å². The number of alkyl carbamates (subject to hydrolysis) is 1. The van der Waals surface area contributed by atoms with Crippen molar-refractivity contribution in [3.63, 3.8) is 0 Å². The maximum atomic E-state index is 12.7. The Labute approximate surface area is 187 Å². The van der Waals surface area contributed by atoms with Crippen LogP contribution in [-0.2, 0) is 11.2 Å². The van der Waals surface area contributed by atoms with Gasteiger partial charge in [0.25, 0.3) is 0 Å². The Balaban J connectivity index is 1.34. The van der Waals surface area contributed by atoms with E-state index >= 15 is 0 Å². The number of piperidine rings is 3. The lowest BCUT2D eigenvalue weighted by Gasteiger charge is -2.44. The molecule has 2 aromatic rings. The summed E-state index contributed by atoms with van der Waals surface area (Å²) in [5.74, 6) is 0.510. The molecule has 2 aromatic carbocycles. The van der Waals surface area contributed by atoms with Crippen LogP contribution >= 0.6 is 23.2 Å². The molecule has 30 heavy (non-hydrogen) atoms. The highest BCUT2D eigenvalue weighted by atomic mass is 35.5. The average molecular weight is 445 g/mol. The molecule has 0 saturated carbocycles. The Morgan fingerprint density at radius 3 is 2.67 bits per heavy atom. The molecule has 3 heterocycles. The van der Waals surface area contributed by atoms with Crippen LogP contribution in [0.4, 0.5) is 4.79 Å². The molecule has 3 saturated heterocycles. The number of fused-ring (bicyclic) bond motifs is 4. The highest BCUT2D eigenvalue weighted by molar-refractivity contribution is 6.35. The first-order chi connectivity index (χ1) is 14.6. The molecular weight excluding hydrogens is 419 g/mol. The molecule has 158 valence electrons. The summed E-state index contributed by atoms with van der Waals surface area (Å²) in [5, 5.41) is 4.47. The standard InChI is InChI=1S/C24H26Cl2N2O2/c25-18-6-7-21(26)19(13-18)17-5-4-15-2-1-3-22(20(15)12-17)27-24(29)30-23-14-28-10-8-16(23)9-11-28/h4-7,12-13,16,22-23H,1-3,8-11,14H2,(H,27,29)/t22?,23-/m0/s1. The van der Waals surface area contributed by atoms with Crippen molar-refractivity contribution in [3.8, 4) is 11.1 Å². The van der Waals surface area contributed by atoms with Gasteiger partial charge in [0.05, 0.1) is 6.04 Å². The molecule has 2 bridgehead atoms. The van der Waals surface area contributed by atoms with Crippen LogP contribution in [0.5, 0.6) is 0 Å². The number of nitrogens with one attached hydrogen (secondary N) is 1. The zero-order valence-electron chi connectivity index (χ0n) is 16.9. The van der Waals surface area contributed by atoms with Gasteiger partial charge in [0.2, 0.25) is 0 Å². The predicted octanol–water partition coefficient (Wildman–Crippen LogP) is 5.86. The summed E-state index contributed by atoms with van der Waals surface area (Å²) in [4.78, 5) is 15.1. The van der Waals surface area contributed by atoms with Gasteiger partial charge in [-0.2, -0.15) is 0 Å². The number of carbonyl (C=O) groups excluding carboxylic acids is 1. The van der Waals surface area contributed by atoms with E-state index in [1.807, 2.05) is 12.1 Å². The molecule has 0 radical (unpaired) electrons. The molecule has 4 nitrogen and oxygen atoms in total. The topological polar surface area (TPSA) is 41.6 Å². The lowest BCUT2D eigenvalue weighted by atomic mass is 9.85. The summed E-state index contributed by atoms with van der Waals surface area (Å²) in [6.45, 7) is 3.14. The van der Waals surface area contributed by atoms with E-state index in [9.17, 15) is 4.79 Å².